The van der Waals surface area contributed by atoms with Crippen molar-refractivity contribution in [3.63, 3.8) is 0 Å². The molecule has 0 bridgehead atoms. The molecule has 0 saturated carbocycles. The zero-order valence-corrected chi connectivity index (χ0v) is 14.5. The Morgan fingerprint density at radius 2 is 1.91 bits per heavy atom. The molecule has 2 aliphatic rings. The number of anilines is 1. The molecule has 1 aliphatic heterocycles. The fourth-order valence-corrected chi connectivity index (χ4v) is 5.13. The fourth-order valence-electron chi connectivity index (χ4n) is 3.84. The van der Waals surface area contributed by atoms with E-state index in [9.17, 15) is 14.7 Å². The summed E-state index contributed by atoms with van der Waals surface area (Å²) in [5.74, 6) is -1.03. The molecule has 2 unspecified atom stereocenters. The summed E-state index contributed by atoms with van der Waals surface area (Å²) in [5, 5.41) is 12.9. The normalized spacial score (nSPS) is 24.4. The smallest absolute Gasteiger partial charge is 0.339 e. The summed E-state index contributed by atoms with van der Waals surface area (Å²) in [4.78, 5) is 27.3. The molecule has 1 fully saturated rings. The summed E-state index contributed by atoms with van der Waals surface area (Å²) in [6, 6.07) is 0.800. The SMILES string of the molecule is CC1CCCC(C)N1CC(=O)Nc1sc2c(c1C(=O)O)CCC2. The topological polar surface area (TPSA) is 69.6 Å². The average Bonchev–Trinajstić information content (AvgIpc) is 3.02. The van der Waals surface area contributed by atoms with Crippen molar-refractivity contribution in [1.29, 1.82) is 0 Å². The number of likely N-dealkylation sites (tertiary alicyclic amines) is 1. The highest BCUT2D eigenvalue weighted by Gasteiger charge is 2.29. The standard InChI is InChI=1S/C17H24N2O3S/c1-10-5-3-6-11(2)19(10)9-14(20)18-16-15(17(21)22)12-7-4-8-13(12)23-16/h10-11H,3-9H2,1-2H3,(H,18,20)(H,21,22). The number of carbonyl (C=O) groups is 2. The van der Waals surface area contributed by atoms with Crippen molar-refractivity contribution in [1.82, 2.24) is 4.90 Å². The second-order valence-corrected chi connectivity index (χ2v) is 7.82. The molecule has 2 atom stereocenters. The van der Waals surface area contributed by atoms with Crippen molar-refractivity contribution in [2.24, 2.45) is 0 Å². The number of rotatable bonds is 4. The van der Waals surface area contributed by atoms with E-state index in [-0.39, 0.29) is 5.91 Å². The van der Waals surface area contributed by atoms with Crippen molar-refractivity contribution in [3.05, 3.63) is 16.0 Å². The lowest BCUT2D eigenvalue weighted by Crippen LogP contribution is -2.47. The Balaban J connectivity index is 1.72. The first-order chi connectivity index (χ1) is 11.0. The van der Waals surface area contributed by atoms with Crippen LogP contribution in [-0.2, 0) is 17.6 Å². The first kappa shape index (κ1) is 16.5. The Morgan fingerprint density at radius 1 is 1.22 bits per heavy atom. The maximum Gasteiger partial charge on any atom is 0.339 e. The number of piperidine rings is 1. The first-order valence-electron chi connectivity index (χ1n) is 8.40. The Bertz CT molecular complexity index is 616. The van der Waals surface area contributed by atoms with Gasteiger partial charge in [0.05, 0.1) is 12.1 Å². The van der Waals surface area contributed by atoms with Gasteiger partial charge in [-0.15, -0.1) is 11.3 Å². The van der Waals surface area contributed by atoms with Crippen molar-refractivity contribution in [2.75, 3.05) is 11.9 Å². The molecule has 0 radical (unpaired) electrons. The highest BCUT2D eigenvalue weighted by Crippen LogP contribution is 2.39. The lowest BCUT2D eigenvalue weighted by molar-refractivity contribution is -0.118. The number of fused-ring (bicyclic) bond motifs is 1. The third kappa shape index (κ3) is 3.28. The molecule has 0 spiro atoms. The Labute approximate surface area is 140 Å². The van der Waals surface area contributed by atoms with Gasteiger partial charge in [0.25, 0.3) is 0 Å². The van der Waals surface area contributed by atoms with Crippen LogP contribution in [0.2, 0.25) is 0 Å². The molecule has 1 aromatic rings. The fraction of sp³-hybridized carbons (Fsp3) is 0.647. The van der Waals surface area contributed by atoms with Gasteiger partial charge in [0.15, 0.2) is 0 Å². The number of nitrogens with zero attached hydrogens (tertiary/aromatic N) is 1. The molecule has 6 heteroatoms. The van der Waals surface area contributed by atoms with Crippen LogP contribution in [0.1, 0.15) is 60.3 Å². The summed E-state index contributed by atoms with van der Waals surface area (Å²) in [6.45, 7) is 4.65. The third-order valence-electron chi connectivity index (χ3n) is 5.09. The third-order valence-corrected chi connectivity index (χ3v) is 6.30. The van der Waals surface area contributed by atoms with E-state index < -0.39 is 5.97 Å². The quantitative estimate of drug-likeness (QED) is 0.886. The van der Waals surface area contributed by atoms with E-state index in [0.717, 1.165) is 42.5 Å². The molecular formula is C17H24N2O3S. The summed E-state index contributed by atoms with van der Waals surface area (Å²) in [5.41, 5.74) is 1.24. The Hall–Kier alpha value is -1.40. The van der Waals surface area contributed by atoms with Crippen LogP contribution in [0.4, 0.5) is 5.00 Å². The van der Waals surface area contributed by atoms with E-state index in [2.05, 4.69) is 24.1 Å². The van der Waals surface area contributed by atoms with Gasteiger partial charge in [0.2, 0.25) is 5.91 Å². The van der Waals surface area contributed by atoms with Crippen LogP contribution in [0, 0.1) is 0 Å². The lowest BCUT2D eigenvalue weighted by Gasteiger charge is -2.38. The molecule has 0 aromatic carbocycles. The van der Waals surface area contributed by atoms with Crippen molar-refractivity contribution in [2.45, 2.75) is 64.5 Å². The zero-order valence-electron chi connectivity index (χ0n) is 13.7. The number of aromatic carboxylic acids is 1. The van der Waals surface area contributed by atoms with Gasteiger partial charge in [0.1, 0.15) is 5.00 Å². The van der Waals surface area contributed by atoms with Gasteiger partial charge in [-0.05, 0) is 51.5 Å². The number of carbonyl (C=O) groups excluding carboxylic acids is 1. The summed E-state index contributed by atoms with van der Waals surface area (Å²) < 4.78 is 0. The highest BCUT2D eigenvalue weighted by molar-refractivity contribution is 7.17. The molecule has 1 aliphatic carbocycles. The van der Waals surface area contributed by atoms with Crippen molar-refractivity contribution < 1.29 is 14.7 Å². The first-order valence-corrected chi connectivity index (χ1v) is 9.22. The predicted octanol–water partition coefficient (Wildman–Crippen LogP) is 3.14. The Morgan fingerprint density at radius 3 is 2.57 bits per heavy atom. The molecule has 23 heavy (non-hydrogen) atoms. The van der Waals surface area contributed by atoms with Crippen LogP contribution >= 0.6 is 11.3 Å². The number of nitrogens with one attached hydrogen (secondary N) is 1. The predicted molar refractivity (Wildman–Crippen MR) is 91.4 cm³/mol. The second-order valence-electron chi connectivity index (χ2n) is 6.72. The van der Waals surface area contributed by atoms with E-state index in [1.54, 1.807) is 0 Å². The minimum absolute atomic E-state index is 0.104. The van der Waals surface area contributed by atoms with Crippen molar-refractivity contribution in [3.8, 4) is 0 Å². The molecular weight excluding hydrogens is 312 g/mol. The number of amides is 1. The number of carboxylic acids is 1. The second kappa shape index (κ2) is 6.61. The highest BCUT2D eigenvalue weighted by atomic mass is 32.1. The van der Waals surface area contributed by atoms with Crippen LogP contribution in [0.5, 0.6) is 0 Å². The average molecular weight is 336 g/mol. The largest absolute Gasteiger partial charge is 0.478 e. The van der Waals surface area contributed by atoms with Crippen LogP contribution in [0.15, 0.2) is 0 Å². The molecule has 2 heterocycles. The van der Waals surface area contributed by atoms with E-state index >= 15 is 0 Å². The van der Waals surface area contributed by atoms with Gasteiger partial charge >= 0.3 is 5.97 Å². The van der Waals surface area contributed by atoms with Gasteiger partial charge in [-0.25, -0.2) is 4.79 Å². The molecule has 3 rings (SSSR count). The minimum Gasteiger partial charge on any atom is -0.478 e. The number of hydrogen-bond acceptors (Lipinski definition) is 4. The number of carboxylic acid groups (broad SMARTS) is 1. The maximum absolute atomic E-state index is 12.4. The molecule has 1 saturated heterocycles. The Kier molecular flexibility index (Phi) is 4.73. The summed E-state index contributed by atoms with van der Waals surface area (Å²) >= 11 is 1.44. The molecule has 126 valence electrons. The van der Waals surface area contributed by atoms with Gasteiger partial charge in [-0.3, -0.25) is 9.69 Å². The van der Waals surface area contributed by atoms with Crippen LogP contribution in [0.3, 0.4) is 0 Å². The van der Waals surface area contributed by atoms with E-state index in [1.807, 2.05) is 0 Å². The monoisotopic (exact) mass is 336 g/mol. The van der Waals surface area contributed by atoms with Crippen molar-refractivity contribution >= 4 is 28.2 Å². The minimum atomic E-state index is -0.931. The van der Waals surface area contributed by atoms with Gasteiger partial charge in [0, 0.05) is 17.0 Å². The number of aryl methyl sites for hydroxylation is 1. The van der Waals surface area contributed by atoms with E-state index in [4.69, 9.17) is 0 Å². The molecule has 1 aromatic heterocycles. The van der Waals surface area contributed by atoms with Crippen LogP contribution in [0.25, 0.3) is 0 Å². The number of thiophene rings is 1. The zero-order chi connectivity index (χ0) is 16.6. The van der Waals surface area contributed by atoms with E-state index in [0.29, 0.717) is 29.2 Å². The van der Waals surface area contributed by atoms with Crippen LogP contribution < -0.4 is 5.32 Å². The van der Waals surface area contributed by atoms with Gasteiger partial charge < -0.3 is 10.4 Å². The van der Waals surface area contributed by atoms with Gasteiger partial charge in [-0.1, -0.05) is 6.42 Å². The van der Waals surface area contributed by atoms with Crippen LogP contribution in [-0.4, -0.2) is 40.5 Å². The van der Waals surface area contributed by atoms with Gasteiger partial charge in [-0.2, -0.15) is 0 Å². The van der Waals surface area contributed by atoms with E-state index in [1.165, 1.54) is 17.8 Å². The maximum atomic E-state index is 12.4. The lowest BCUT2D eigenvalue weighted by atomic mass is 9.97. The molecule has 1 amide bonds. The molecule has 2 N–H and O–H groups in total. The summed E-state index contributed by atoms with van der Waals surface area (Å²) in [6.07, 6.45) is 6.19. The molecule has 5 nitrogen and oxygen atoms in total. The number of hydrogen-bond donors (Lipinski definition) is 2. The summed E-state index contributed by atoms with van der Waals surface area (Å²) in [7, 11) is 0.